The number of fused-ring (bicyclic) bond motifs is 2. The topological polar surface area (TPSA) is 97.1 Å². The molecule has 10 heteroatoms. The molecule has 2 N–H and O–H groups in total. The van der Waals surface area contributed by atoms with Gasteiger partial charge in [0.25, 0.3) is 11.8 Å². The van der Waals surface area contributed by atoms with E-state index in [-0.39, 0.29) is 11.8 Å². The number of anilines is 2. The first-order valence-electron chi connectivity index (χ1n) is 18.0. The first kappa shape index (κ1) is 33.5. The van der Waals surface area contributed by atoms with Gasteiger partial charge in [-0.3, -0.25) is 14.5 Å². The second-order valence-electron chi connectivity index (χ2n) is 14.3. The summed E-state index contributed by atoms with van der Waals surface area (Å²) in [7, 11) is 3.88. The number of amides is 2. The number of imidazole rings is 2. The Morgan fingerprint density at radius 2 is 1.47 bits per heavy atom. The lowest BCUT2D eigenvalue weighted by Gasteiger charge is -2.26. The summed E-state index contributed by atoms with van der Waals surface area (Å²) < 4.78 is 3.92. The molecule has 1 atom stereocenters. The van der Waals surface area contributed by atoms with E-state index in [0.717, 1.165) is 97.3 Å². The Balaban J connectivity index is 1.08. The normalized spacial score (nSPS) is 17.9. The van der Waals surface area contributed by atoms with Crippen molar-refractivity contribution >= 4 is 34.8 Å². The van der Waals surface area contributed by atoms with Gasteiger partial charge in [0.15, 0.2) is 11.6 Å². The lowest BCUT2D eigenvalue weighted by atomic mass is 9.88. The smallest absolute Gasteiger partial charge is 0.291 e. The van der Waals surface area contributed by atoms with Crippen molar-refractivity contribution in [3.8, 4) is 11.1 Å². The summed E-state index contributed by atoms with van der Waals surface area (Å²) in [5.74, 6) is 1.90. The molecular formula is C39H48ClN7O2. The van der Waals surface area contributed by atoms with Crippen LogP contribution in [0.15, 0.2) is 36.4 Å². The molecule has 258 valence electrons. The molecule has 4 aromatic rings. The number of carbonyl (C=O) groups is 2. The van der Waals surface area contributed by atoms with Crippen molar-refractivity contribution in [1.82, 2.24) is 24.0 Å². The largest absolute Gasteiger partial charge is 0.327 e. The van der Waals surface area contributed by atoms with Gasteiger partial charge in [-0.15, -0.1) is 0 Å². The zero-order valence-corrected chi connectivity index (χ0v) is 30.0. The molecule has 1 unspecified atom stereocenters. The minimum absolute atomic E-state index is 0.222. The van der Waals surface area contributed by atoms with Crippen LogP contribution in [0.4, 0.5) is 11.4 Å². The number of rotatable bonds is 9. The molecule has 2 amide bonds. The maximum Gasteiger partial charge on any atom is 0.291 e. The summed E-state index contributed by atoms with van der Waals surface area (Å²) >= 11 is 7.00. The molecule has 2 aromatic carbocycles. The molecule has 2 aromatic heterocycles. The Hall–Kier alpha value is -3.95. The first-order valence-corrected chi connectivity index (χ1v) is 18.4. The summed E-state index contributed by atoms with van der Waals surface area (Å²) in [6, 6.07) is 11.4. The highest BCUT2D eigenvalue weighted by atomic mass is 35.5. The van der Waals surface area contributed by atoms with E-state index in [1.54, 1.807) is 0 Å². The van der Waals surface area contributed by atoms with Gasteiger partial charge in [-0.05, 0) is 80.5 Å². The van der Waals surface area contributed by atoms with Gasteiger partial charge in [-0.1, -0.05) is 62.1 Å². The van der Waals surface area contributed by atoms with E-state index < -0.39 is 0 Å². The number of nitrogens with zero attached hydrogens (tertiary/aromatic N) is 5. The van der Waals surface area contributed by atoms with Crippen molar-refractivity contribution in [3.63, 3.8) is 0 Å². The number of benzene rings is 2. The van der Waals surface area contributed by atoms with Gasteiger partial charge in [0.1, 0.15) is 0 Å². The molecule has 3 heterocycles. The van der Waals surface area contributed by atoms with Gasteiger partial charge < -0.3 is 19.8 Å². The lowest BCUT2D eigenvalue weighted by molar-refractivity contribution is 0.100. The second-order valence-corrected chi connectivity index (χ2v) is 14.7. The van der Waals surface area contributed by atoms with Crippen LogP contribution in [-0.4, -0.2) is 48.9 Å². The van der Waals surface area contributed by atoms with Crippen LogP contribution in [0.1, 0.15) is 101 Å². The first-order chi connectivity index (χ1) is 23.7. The van der Waals surface area contributed by atoms with Gasteiger partial charge in [-0.2, -0.15) is 0 Å². The summed E-state index contributed by atoms with van der Waals surface area (Å²) in [6.07, 6.45) is 11.4. The Bertz CT molecular complexity index is 1890. The highest BCUT2D eigenvalue weighted by molar-refractivity contribution is 6.36. The average molecular weight is 682 g/mol. The maximum absolute atomic E-state index is 13.7. The minimum Gasteiger partial charge on any atom is -0.327 e. The van der Waals surface area contributed by atoms with Gasteiger partial charge in [0, 0.05) is 62.8 Å². The van der Waals surface area contributed by atoms with Crippen LogP contribution in [0, 0.1) is 18.8 Å². The quantitative estimate of drug-likeness (QED) is 0.188. The van der Waals surface area contributed by atoms with E-state index >= 15 is 0 Å². The van der Waals surface area contributed by atoms with E-state index in [1.165, 1.54) is 37.8 Å². The summed E-state index contributed by atoms with van der Waals surface area (Å²) in [4.78, 5) is 39.3. The Morgan fingerprint density at radius 3 is 2.18 bits per heavy atom. The summed E-state index contributed by atoms with van der Waals surface area (Å²) in [6.45, 7) is 7.14. The van der Waals surface area contributed by atoms with Crippen molar-refractivity contribution in [2.45, 2.75) is 84.6 Å². The summed E-state index contributed by atoms with van der Waals surface area (Å²) in [5.41, 5.74) is 8.09. The van der Waals surface area contributed by atoms with Crippen LogP contribution in [0.3, 0.4) is 0 Å². The van der Waals surface area contributed by atoms with E-state index in [9.17, 15) is 9.59 Å². The molecule has 3 aliphatic rings. The number of aryl methyl sites for hydroxylation is 1. The third kappa shape index (κ3) is 6.93. The number of hydrogen-bond acceptors (Lipinski definition) is 5. The SMILES string of the molecule is CCCC1CCCc2nc(C(=O)Nc3cccc(-c4cccc(NC(=O)c5nc6c(n5C)CCN(CC5CC5)C6)c4Cl)c3C)n(C)c2CC1. The van der Waals surface area contributed by atoms with Crippen molar-refractivity contribution in [2.75, 3.05) is 23.7 Å². The third-order valence-electron chi connectivity index (χ3n) is 10.9. The number of halogens is 1. The molecule has 0 saturated heterocycles. The highest BCUT2D eigenvalue weighted by Gasteiger charge is 2.30. The lowest BCUT2D eigenvalue weighted by Crippen LogP contribution is -2.32. The molecule has 0 spiro atoms. The predicted molar refractivity (Wildman–Crippen MR) is 195 cm³/mol. The van der Waals surface area contributed by atoms with Crippen LogP contribution in [-0.2, 0) is 39.9 Å². The van der Waals surface area contributed by atoms with E-state index in [4.69, 9.17) is 21.6 Å². The van der Waals surface area contributed by atoms with Crippen LogP contribution in [0.25, 0.3) is 11.1 Å². The fourth-order valence-corrected chi connectivity index (χ4v) is 8.18. The molecular weight excluding hydrogens is 634 g/mol. The number of hydrogen-bond donors (Lipinski definition) is 2. The zero-order valence-electron chi connectivity index (χ0n) is 29.2. The summed E-state index contributed by atoms with van der Waals surface area (Å²) in [5, 5.41) is 6.59. The van der Waals surface area contributed by atoms with Crippen LogP contribution < -0.4 is 10.6 Å². The van der Waals surface area contributed by atoms with Gasteiger partial charge >= 0.3 is 0 Å². The molecule has 49 heavy (non-hydrogen) atoms. The van der Waals surface area contributed by atoms with Crippen LogP contribution in [0.2, 0.25) is 5.02 Å². The third-order valence-corrected chi connectivity index (χ3v) is 11.3. The molecule has 0 bridgehead atoms. The molecule has 1 saturated carbocycles. The minimum atomic E-state index is -0.285. The van der Waals surface area contributed by atoms with E-state index in [0.29, 0.717) is 28.0 Å². The molecule has 2 aliphatic carbocycles. The molecule has 7 rings (SSSR count). The fourth-order valence-electron chi connectivity index (χ4n) is 7.91. The molecule has 1 aliphatic heterocycles. The Labute approximate surface area is 294 Å². The number of aromatic nitrogens is 4. The maximum atomic E-state index is 13.7. The highest BCUT2D eigenvalue weighted by Crippen LogP contribution is 2.38. The van der Waals surface area contributed by atoms with Crippen molar-refractivity contribution in [2.24, 2.45) is 25.9 Å². The average Bonchev–Trinajstić information content (AvgIpc) is 3.76. The van der Waals surface area contributed by atoms with E-state index in [1.807, 2.05) is 66.6 Å². The molecule has 1 fully saturated rings. The number of carbonyl (C=O) groups excluding carboxylic acids is 2. The van der Waals surface area contributed by atoms with Crippen LogP contribution in [0.5, 0.6) is 0 Å². The van der Waals surface area contributed by atoms with Crippen molar-refractivity contribution in [1.29, 1.82) is 0 Å². The van der Waals surface area contributed by atoms with Crippen molar-refractivity contribution < 1.29 is 9.59 Å². The zero-order chi connectivity index (χ0) is 34.2. The van der Waals surface area contributed by atoms with Gasteiger partial charge in [-0.25, -0.2) is 9.97 Å². The second kappa shape index (κ2) is 14.1. The molecule has 9 nitrogen and oxygen atoms in total. The Morgan fingerprint density at radius 1 is 0.816 bits per heavy atom. The van der Waals surface area contributed by atoms with Gasteiger partial charge in [0.2, 0.25) is 0 Å². The van der Waals surface area contributed by atoms with Crippen LogP contribution >= 0.6 is 11.6 Å². The van der Waals surface area contributed by atoms with Crippen molar-refractivity contribution in [3.05, 3.63) is 81.4 Å². The molecule has 0 radical (unpaired) electrons. The standard InChI is InChI=1S/C39H48ClN7O2/c1-5-9-25-10-6-14-30-33(19-18-25)45(3)36(41-30)38(48)43-29-13-7-11-27(24(29)2)28-12-8-15-31(35(28)40)44-39(49)37-42-32-23-47(22-26-16-17-26)21-20-34(32)46(37)4/h7-8,11-13,15,25-26H,5-6,9-10,14,16-23H2,1-4H3,(H,43,48)(H,44,49). The Kier molecular flexibility index (Phi) is 9.66. The van der Waals surface area contributed by atoms with E-state index in [2.05, 4.69) is 22.5 Å². The number of nitrogens with one attached hydrogen (secondary N) is 2. The monoisotopic (exact) mass is 681 g/mol. The van der Waals surface area contributed by atoms with Gasteiger partial charge in [0.05, 0.1) is 22.1 Å². The fraction of sp³-hybridized carbons (Fsp3) is 0.487. The predicted octanol–water partition coefficient (Wildman–Crippen LogP) is 7.74.